The van der Waals surface area contributed by atoms with E-state index in [0.29, 0.717) is 32.1 Å². The second-order valence-electron chi connectivity index (χ2n) is 14.9. The zero-order valence-electron chi connectivity index (χ0n) is 33.5. The fraction of sp³-hybridized carbons (Fsp3) is 0.850. The van der Waals surface area contributed by atoms with Crippen molar-refractivity contribution < 1.29 is 62.5 Å². The maximum absolute atomic E-state index is 12.6. The number of hydrogen-bond donors (Lipinski definition) is 5. The summed E-state index contributed by atoms with van der Waals surface area (Å²) >= 11 is 0. The van der Waals surface area contributed by atoms with Crippen molar-refractivity contribution in [3.8, 4) is 0 Å². The van der Waals surface area contributed by atoms with Gasteiger partial charge in [0.1, 0.15) is 18.4 Å². The molecule has 320 valence electrons. The van der Waals surface area contributed by atoms with E-state index < -0.39 is 69.9 Å². The number of phosphoric acid groups is 1. The SMILES string of the molecule is CCCCCCCCCCCCCC(=O)O[C@H](COC(=O)CCCCCC[C@H]1C(=O)C[C@@H](O)[C@@H]1/C=C/[C@@H](O)CCCCC)COP(=O)(O)OC[C@H](N)C(=O)O. The Morgan fingerprint density at radius 1 is 0.800 bits per heavy atom. The summed E-state index contributed by atoms with van der Waals surface area (Å²) in [5.74, 6) is -3.16. The van der Waals surface area contributed by atoms with Crippen LogP contribution in [-0.4, -0.2) is 88.1 Å². The van der Waals surface area contributed by atoms with Gasteiger partial charge in [0.25, 0.3) is 0 Å². The zero-order chi connectivity index (χ0) is 40.9. The van der Waals surface area contributed by atoms with Crippen LogP contribution in [0.5, 0.6) is 0 Å². The van der Waals surface area contributed by atoms with Crippen molar-refractivity contribution in [2.45, 2.75) is 186 Å². The second-order valence-corrected chi connectivity index (χ2v) is 16.4. The first-order chi connectivity index (χ1) is 26.3. The fourth-order valence-corrected chi connectivity index (χ4v) is 7.33. The van der Waals surface area contributed by atoms with Crippen LogP contribution < -0.4 is 5.73 Å². The van der Waals surface area contributed by atoms with Crippen LogP contribution in [0.15, 0.2) is 12.2 Å². The quantitative estimate of drug-likeness (QED) is 0.0186. The van der Waals surface area contributed by atoms with E-state index in [2.05, 4.69) is 18.4 Å². The van der Waals surface area contributed by atoms with Crippen LogP contribution in [0.3, 0.4) is 0 Å². The fourth-order valence-electron chi connectivity index (χ4n) is 6.55. The molecule has 0 aliphatic heterocycles. The van der Waals surface area contributed by atoms with Gasteiger partial charge < -0.3 is 35.4 Å². The molecule has 14 nitrogen and oxygen atoms in total. The van der Waals surface area contributed by atoms with Gasteiger partial charge in [0.2, 0.25) is 0 Å². The van der Waals surface area contributed by atoms with Gasteiger partial charge in [-0.05, 0) is 25.7 Å². The molecule has 0 heterocycles. The van der Waals surface area contributed by atoms with Crippen molar-refractivity contribution >= 4 is 31.5 Å². The molecule has 6 N–H and O–H groups in total. The number of aliphatic carboxylic acids is 1. The van der Waals surface area contributed by atoms with E-state index in [-0.39, 0.29) is 36.9 Å². The Morgan fingerprint density at radius 2 is 1.33 bits per heavy atom. The van der Waals surface area contributed by atoms with Crippen LogP contribution in [0.1, 0.15) is 162 Å². The van der Waals surface area contributed by atoms with E-state index in [9.17, 15) is 38.8 Å². The number of rotatable bonds is 35. The van der Waals surface area contributed by atoms with Crippen LogP contribution in [0.2, 0.25) is 0 Å². The minimum absolute atomic E-state index is 0.0252. The number of nitrogens with two attached hydrogens (primary N) is 1. The second kappa shape index (κ2) is 30.9. The highest BCUT2D eigenvalue weighted by molar-refractivity contribution is 7.47. The summed E-state index contributed by atoms with van der Waals surface area (Å²) in [7, 11) is -4.77. The molecule has 0 amide bonds. The summed E-state index contributed by atoms with van der Waals surface area (Å²) in [4.78, 5) is 58.6. The highest BCUT2D eigenvalue weighted by Gasteiger charge is 2.39. The molecule has 0 saturated heterocycles. The van der Waals surface area contributed by atoms with Gasteiger partial charge in [0, 0.05) is 31.1 Å². The Kier molecular flexibility index (Phi) is 28.5. The van der Waals surface area contributed by atoms with Crippen molar-refractivity contribution in [2.75, 3.05) is 19.8 Å². The van der Waals surface area contributed by atoms with Gasteiger partial charge in [-0.15, -0.1) is 0 Å². The third-order valence-corrected chi connectivity index (χ3v) is 10.9. The van der Waals surface area contributed by atoms with Gasteiger partial charge in [-0.3, -0.25) is 28.2 Å². The van der Waals surface area contributed by atoms with E-state index in [1.807, 2.05) is 0 Å². The smallest absolute Gasteiger partial charge is 0.472 e. The summed E-state index contributed by atoms with van der Waals surface area (Å²) in [5.41, 5.74) is 5.32. The lowest BCUT2D eigenvalue weighted by Gasteiger charge is -2.20. The van der Waals surface area contributed by atoms with Crippen molar-refractivity contribution in [2.24, 2.45) is 17.6 Å². The zero-order valence-corrected chi connectivity index (χ0v) is 34.4. The van der Waals surface area contributed by atoms with Gasteiger partial charge in [-0.25, -0.2) is 4.57 Å². The molecule has 0 aromatic carbocycles. The number of phosphoric ester groups is 1. The average molecular weight is 806 g/mol. The van der Waals surface area contributed by atoms with Crippen molar-refractivity contribution in [1.29, 1.82) is 0 Å². The summed E-state index contributed by atoms with van der Waals surface area (Å²) in [5, 5.41) is 29.6. The number of aliphatic hydroxyl groups excluding tert-OH is 2. The molecule has 1 aliphatic rings. The van der Waals surface area contributed by atoms with Crippen LogP contribution in [0, 0.1) is 11.8 Å². The highest BCUT2D eigenvalue weighted by Crippen LogP contribution is 2.43. The number of carbonyl (C=O) groups is 4. The Balaban J connectivity index is 2.49. The number of ketones is 1. The molecule has 1 fully saturated rings. The maximum atomic E-state index is 12.6. The van der Waals surface area contributed by atoms with Crippen LogP contribution in [-0.2, 0) is 42.3 Å². The van der Waals surface area contributed by atoms with Crippen molar-refractivity contribution in [3.63, 3.8) is 0 Å². The lowest BCUT2D eigenvalue weighted by atomic mass is 9.88. The average Bonchev–Trinajstić information content (AvgIpc) is 3.41. The molecule has 0 bridgehead atoms. The van der Waals surface area contributed by atoms with Crippen molar-refractivity contribution in [1.82, 2.24) is 0 Å². The molecule has 1 rings (SSSR count). The van der Waals surface area contributed by atoms with Gasteiger partial charge in [0.05, 0.1) is 25.4 Å². The van der Waals surface area contributed by atoms with Crippen LogP contribution >= 0.6 is 7.82 Å². The number of ether oxygens (including phenoxy) is 2. The molecule has 0 radical (unpaired) electrons. The minimum Gasteiger partial charge on any atom is -0.480 e. The van der Waals surface area contributed by atoms with Gasteiger partial charge in [-0.1, -0.05) is 129 Å². The molecular weight excluding hydrogens is 733 g/mol. The lowest BCUT2D eigenvalue weighted by molar-refractivity contribution is -0.161. The standard InChI is InChI=1S/C40H72NO13P/c1-3-5-7-8-9-10-11-12-13-14-20-24-39(46)54-32(29-52-55(49,50)53-30-35(41)40(47)48)28-51-38(45)23-19-16-15-18-22-33-34(37(44)27-36(33)43)26-25-31(42)21-17-6-4-2/h25-26,31-35,37,42,44H,3-24,27-30,41H2,1-2H3,(H,47,48)(H,49,50)/b26-25+/t31-,32+,33+,34+,35-,37+/m0/s1. The number of aliphatic hydroxyl groups is 2. The predicted octanol–water partition coefficient (Wildman–Crippen LogP) is 7.09. The molecule has 15 heteroatoms. The molecule has 1 saturated carbocycles. The minimum atomic E-state index is -4.77. The van der Waals surface area contributed by atoms with E-state index in [1.54, 1.807) is 12.2 Å². The number of unbranched alkanes of at least 4 members (excludes halogenated alkanes) is 15. The third kappa shape index (κ3) is 25.6. The number of Topliss-reactive ketones (excluding diaryl/α,β-unsaturated/α-hetero) is 1. The van der Waals surface area contributed by atoms with E-state index in [1.165, 1.54) is 44.9 Å². The summed E-state index contributed by atoms with van der Waals surface area (Å²) in [6.07, 6.45) is 20.5. The molecule has 55 heavy (non-hydrogen) atoms. The molecular formula is C40H72NO13P. The normalized spacial score (nSPS) is 20.0. The molecule has 0 aromatic rings. The topological polar surface area (TPSA) is 229 Å². The predicted molar refractivity (Wildman–Crippen MR) is 209 cm³/mol. The van der Waals surface area contributed by atoms with E-state index in [4.69, 9.17) is 24.8 Å². The summed E-state index contributed by atoms with van der Waals surface area (Å²) in [6.45, 7) is 2.44. The van der Waals surface area contributed by atoms with Gasteiger partial charge >= 0.3 is 25.7 Å². The Morgan fingerprint density at radius 3 is 1.93 bits per heavy atom. The molecule has 1 aliphatic carbocycles. The first-order valence-corrected chi connectivity index (χ1v) is 22.3. The molecule has 0 spiro atoms. The van der Waals surface area contributed by atoms with Crippen LogP contribution in [0.25, 0.3) is 0 Å². The van der Waals surface area contributed by atoms with Gasteiger partial charge in [-0.2, -0.15) is 0 Å². The van der Waals surface area contributed by atoms with E-state index in [0.717, 1.165) is 51.4 Å². The third-order valence-electron chi connectivity index (χ3n) is 9.91. The number of carboxylic acids is 1. The summed E-state index contributed by atoms with van der Waals surface area (Å²) in [6, 6.07) is -1.55. The monoisotopic (exact) mass is 805 g/mol. The number of hydrogen-bond acceptors (Lipinski definition) is 12. The Bertz CT molecular complexity index is 1150. The summed E-state index contributed by atoms with van der Waals surface area (Å²) < 4.78 is 32.6. The number of carbonyl (C=O) groups excluding carboxylic acids is 3. The molecule has 1 unspecified atom stereocenters. The molecule has 7 atom stereocenters. The van der Waals surface area contributed by atoms with Crippen LogP contribution in [0.4, 0.5) is 0 Å². The van der Waals surface area contributed by atoms with E-state index >= 15 is 0 Å². The first-order valence-electron chi connectivity index (χ1n) is 20.8. The maximum Gasteiger partial charge on any atom is 0.472 e. The van der Waals surface area contributed by atoms with Crippen molar-refractivity contribution in [3.05, 3.63) is 12.2 Å². The number of carboxylic acid groups (broad SMARTS) is 1. The Hall–Kier alpha value is -2.19. The molecule has 0 aromatic heterocycles. The number of esters is 2. The van der Waals surface area contributed by atoms with Gasteiger partial charge in [0.15, 0.2) is 6.10 Å². The highest BCUT2D eigenvalue weighted by atomic mass is 31.2. The first kappa shape index (κ1) is 50.8. The Labute approximate surface area is 328 Å². The largest absolute Gasteiger partial charge is 0.480 e. The lowest BCUT2D eigenvalue weighted by Crippen LogP contribution is -2.34.